The molecule has 0 saturated carbocycles. The molecule has 0 spiro atoms. The average molecular weight is 363 g/mol. The van der Waals surface area contributed by atoms with Gasteiger partial charge in [-0.05, 0) is 11.6 Å². The van der Waals surface area contributed by atoms with Gasteiger partial charge in [0, 0.05) is 15.8 Å². The number of hydrogen-bond donors (Lipinski definition) is 1. The standard InChI is InChI=1S/C16H15BrN2OS/c17-15-9-5-4-8-14(15)10-18-19-16(20)12-21-11-13-6-2-1-3-7-13/h1-10H,11-12H2,(H,19,20)/b18-10+. The molecule has 0 radical (unpaired) electrons. The van der Waals surface area contributed by atoms with Crippen LogP contribution in [-0.2, 0) is 10.5 Å². The van der Waals surface area contributed by atoms with Crippen LogP contribution in [0.1, 0.15) is 11.1 Å². The predicted octanol–water partition coefficient (Wildman–Crippen LogP) is 3.83. The highest BCUT2D eigenvalue weighted by atomic mass is 79.9. The van der Waals surface area contributed by atoms with Gasteiger partial charge in [0.1, 0.15) is 0 Å². The minimum Gasteiger partial charge on any atom is -0.272 e. The highest BCUT2D eigenvalue weighted by molar-refractivity contribution is 9.10. The first-order valence-corrected chi connectivity index (χ1v) is 8.38. The quantitative estimate of drug-likeness (QED) is 0.626. The normalized spacial score (nSPS) is 10.7. The van der Waals surface area contributed by atoms with E-state index in [1.807, 2.05) is 42.5 Å². The van der Waals surface area contributed by atoms with Crippen molar-refractivity contribution in [2.45, 2.75) is 5.75 Å². The van der Waals surface area contributed by atoms with Gasteiger partial charge >= 0.3 is 0 Å². The summed E-state index contributed by atoms with van der Waals surface area (Å²) in [4.78, 5) is 11.7. The molecule has 0 unspecified atom stereocenters. The SMILES string of the molecule is O=C(CSCc1ccccc1)N/N=C/c1ccccc1Br. The second-order valence-corrected chi connectivity index (χ2v) is 6.13. The van der Waals surface area contributed by atoms with Gasteiger partial charge in [-0.2, -0.15) is 5.10 Å². The third-order valence-corrected chi connectivity index (χ3v) is 4.37. The lowest BCUT2D eigenvalue weighted by molar-refractivity contribution is -0.118. The Hall–Kier alpha value is -1.59. The molecule has 2 rings (SSSR count). The second kappa shape index (κ2) is 8.64. The van der Waals surface area contributed by atoms with Gasteiger partial charge in [-0.25, -0.2) is 5.43 Å². The van der Waals surface area contributed by atoms with Gasteiger partial charge < -0.3 is 0 Å². The number of hydrogen-bond acceptors (Lipinski definition) is 3. The summed E-state index contributed by atoms with van der Waals surface area (Å²) in [5.41, 5.74) is 4.67. The van der Waals surface area contributed by atoms with Gasteiger partial charge in [-0.15, -0.1) is 11.8 Å². The fourth-order valence-corrected chi connectivity index (χ4v) is 2.79. The summed E-state index contributed by atoms with van der Waals surface area (Å²) in [7, 11) is 0. The maximum atomic E-state index is 11.7. The third kappa shape index (κ3) is 5.73. The molecule has 21 heavy (non-hydrogen) atoms. The van der Waals surface area contributed by atoms with E-state index < -0.39 is 0 Å². The molecule has 5 heteroatoms. The number of thioether (sulfide) groups is 1. The monoisotopic (exact) mass is 362 g/mol. The minimum absolute atomic E-state index is 0.0979. The molecule has 2 aromatic carbocycles. The highest BCUT2D eigenvalue weighted by Crippen LogP contribution is 2.13. The van der Waals surface area contributed by atoms with E-state index in [9.17, 15) is 4.79 Å². The smallest absolute Gasteiger partial charge is 0.250 e. The van der Waals surface area contributed by atoms with Gasteiger partial charge in [-0.1, -0.05) is 64.5 Å². The lowest BCUT2D eigenvalue weighted by atomic mass is 10.2. The van der Waals surface area contributed by atoms with Crippen LogP contribution >= 0.6 is 27.7 Å². The molecule has 1 amide bonds. The second-order valence-electron chi connectivity index (χ2n) is 4.29. The van der Waals surface area contributed by atoms with E-state index in [2.05, 4.69) is 38.6 Å². The Bertz CT molecular complexity index is 617. The summed E-state index contributed by atoms with van der Waals surface area (Å²) < 4.78 is 0.946. The van der Waals surface area contributed by atoms with Crippen LogP contribution in [-0.4, -0.2) is 17.9 Å². The number of nitrogens with one attached hydrogen (secondary N) is 1. The van der Waals surface area contributed by atoms with Crippen molar-refractivity contribution in [3.05, 3.63) is 70.2 Å². The van der Waals surface area contributed by atoms with Crippen molar-refractivity contribution in [1.29, 1.82) is 0 Å². The number of amides is 1. The molecule has 0 aromatic heterocycles. The van der Waals surface area contributed by atoms with Gasteiger partial charge in [0.15, 0.2) is 0 Å². The molecular weight excluding hydrogens is 348 g/mol. The lowest BCUT2D eigenvalue weighted by Crippen LogP contribution is -2.19. The van der Waals surface area contributed by atoms with Crippen LogP contribution in [0.4, 0.5) is 0 Å². The summed E-state index contributed by atoms with van der Waals surface area (Å²) in [6.07, 6.45) is 1.63. The molecular formula is C16H15BrN2OS. The Morgan fingerprint density at radius 1 is 1.14 bits per heavy atom. The van der Waals surface area contributed by atoms with E-state index in [-0.39, 0.29) is 5.91 Å². The van der Waals surface area contributed by atoms with Crippen LogP contribution in [0.3, 0.4) is 0 Å². The first kappa shape index (κ1) is 15.8. The molecule has 0 heterocycles. The summed E-state index contributed by atoms with van der Waals surface area (Å²) >= 11 is 4.99. The number of nitrogens with zero attached hydrogens (tertiary/aromatic N) is 1. The van der Waals surface area contributed by atoms with Crippen LogP contribution in [0, 0.1) is 0 Å². The van der Waals surface area contributed by atoms with Crippen molar-refractivity contribution in [3.8, 4) is 0 Å². The van der Waals surface area contributed by atoms with E-state index in [1.54, 1.807) is 18.0 Å². The molecule has 0 atom stereocenters. The Balaban J connectivity index is 1.71. The van der Waals surface area contributed by atoms with Gasteiger partial charge in [-0.3, -0.25) is 4.79 Å². The highest BCUT2D eigenvalue weighted by Gasteiger charge is 2.00. The molecule has 0 aliphatic heterocycles. The fraction of sp³-hybridized carbons (Fsp3) is 0.125. The minimum atomic E-state index is -0.0979. The van der Waals surface area contributed by atoms with Crippen molar-refractivity contribution >= 4 is 39.8 Å². The largest absolute Gasteiger partial charge is 0.272 e. The predicted molar refractivity (Wildman–Crippen MR) is 92.5 cm³/mol. The molecule has 2 aromatic rings. The van der Waals surface area contributed by atoms with Gasteiger partial charge in [0.25, 0.3) is 0 Å². The van der Waals surface area contributed by atoms with Crippen LogP contribution in [0.15, 0.2) is 64.2 Å². The molecule has 1 N–H and O–H groups in total. The molecule has 3 nitrogen and oxygen atoms in total. The first-order chi connectivity index (χ1) is 10.3. The zero-order valence-electron chi connectivity index (χ0n) is 11.3. The zero-order valence-corrected chi connectivity index (χ0v) is 13.7. The first-order valence-electron chi connectivity index (χ1n) is 6.44. The fourth-order valence-electron chi connectivity index (χ4n) is 1.62. The Morgan fingerprint density at radius 2 is 1.86 bits per heavy atom. The van der Waals surface area contributed by atoms with Crippen molar-refractivity contribution in [1.82, 2.24) is 5.43 Å². The molecule has 0 aliphatic carbocycles. The van der Waals surface area contributed by atoms with Gasteiger partial charge in [0.2, 0.25) is 5.91 Å². The van der Waals surface area contributed by atoms with Crippen LogP contribution in [0.25, 0.3) is 0 Å². The summed E-state index contributed by atoms with van der Waals surface area (Å²) in [5, 5.41) is 3.96. The van der Waals surface area contributed by atoms with E-state index in [0.717, 1.165) is 15.8 Å². The van der Waals surface area contributed by atoms with Crippen LogP contribution < -0.4 is 5.43 Å². The number of hydrazone groups is 1. The van der Waals surface area contributed by atoms with Gasteiger partial charge in [0.05, 0.1) is 12.0 Å². The Labute approximate surface area is 137 Å². The molecule has 0 saturated heterocycles. The van der Waals surface area contributed by atoms with Crippen molar-refractivity contribution < 1.29 is 4.79 Å². The summed E-state index contributed by atoms with van der Waals surface area (Å²) in [6, 6.07) is 17.8. The average Bonchev–Trinajstić information content (AvgIpc) is 2.50. The Morgan fingerprint density at radius 3 is 2.62 bits per heavy atom. The summed E-state index contributed by atoms with van der Waals surface area (Å²) in [6.45, 7) is 0. The van der Waals surface area contributed by atoms with Crippen molar-refractivity contribution in [2.75, 3.05) is 5.75 Å². The number of carbonyl (C=O) groups is 1. The van der Waals surface area contributed by atoms with E-state index in [0.29, 0.717) is 5.75 Å². The third-order valence-electron chi connectivity index (χ3n) is 2.64. The maximum Gasteiger partial charge on any atom is 0.250 e. The zero-order chi connectivity index (χ0) is 14.9. The lowest BCUT2D eigenvalue weighted by Gasteiger charge is -2.01. The Kier molecular flexibility index (Phi) is 6.50. The molecule has 108 valence electrons. The van der Waals surface area contributed by atoms with Crippen LogP contribution in [0.2, 0.25) is 0 Å². The number of carbonyl (C=O) groups excluding carboxylic acids is 1. The van der Waals surface area contributed by atoms with Crippen molar-refractivity contribution in [2.24, 2.45) is 5.10 Å². The number of halogens is 1. The number of rotatable bonds is 6. The molecule has 0 fully saturated rings. The number of benzene rings is 2. The van der Waals surface area contributed by atoms with E-state index in [1.165, 1.54) is 5.56 Å². The van der Waals surface area contributed by atoms with Crippen LogP contribution in [0.5, 0.6) is 0 Å². The maximum absolute atomic E-state index is 11.7. The summed E-state index contributed by atoms with van der Waals surface area (Å²) in [5.74, 6) is 1.11. The topological polar surface area (TPSA) is 41.5 Å². The van der Waals surface area contributed by atoms with Crippen molar-refractivity contribution in [3.63, 3.8) is 0 Å². The molecule has 0 aliphatic rings. The van der Waals surface area contributed by atoms with E-state index >= 15 is 0 Å². The van der Waals surface area contributed by atoms with E-state index in [4.69, 9.17) is 0 Å². The molecule has 0 bridgehead atoms.